The van der Waals surface area contributed by atoms with Gasteiger partial charge < -0.3 is 10.1 Å². The zero-order valence-corrected chi connectivity index (χ0v) is 13.9. The first-order chi connectivity index (χ1) is 11.1. The minimum absolute atomic E-state index is 0.0692. The van der Waals surface area contributed by atoms with Gasteiger partial charge in [-0.2, -0.15) is 5.26 Å². The average Bonchev–Trinajstić information content (AvgIpc) is 2.57. The number of esters is 1. The number of ether oxygens (including phenoxy) is 1. The van der Waals surface area contributed by atoms with Gasteiger partial charge in [0, 0.05) is 0 Å². The number of allylic oxidation sites excluding steroid dienone is 1. The van der Waals surface area contributed by atoms with E-state index in [1.807, 2.05) is 32.0 Å². The third-order valence-corrected chi connectivity index (χ3v) is 4.03. The number of carbonyl (C=O) groups excluding carboxylic acids is 1. The zero-order valence-electron chi connectivity index (χ0n) is 13.1. The predicted molar refractivity (Wildman–Crippen MR) is 90.7 cm³/mol. The van der Waals surface area contributed by atoms with Crippen LogP contribution in [0.2, 0.25) is 0 Å². The van der Waals surface area contributed by atoms with Crippen LogP contribution in [0.5, 0.6) is 0 Å². The van der Waals surface area contributed by atoms with Gasteiger partial charge in [-0.25, -0.2) is 9.79 Å². The van der Waals surface area contributed by atoms with Gasteiger partial charge in [-0.1, -0.05) is 50.4 Å². The third kappa shape index (κ3) is 3.91. The number of rotatable bonds is 5. The number of halogens is 1. The molecule has 120 valence electrons. The van der Waals surface area contributed by atoms with Gasteiger partial charge in [0.15, 0.2) is 10.7 Å². The monoisotopic (exact) mass is 331 g/mol. The molecule has 1 aromatic carbocycles. The summed E-state index contributed by atoms with van der Waals surface area (Å²) in [7, 11) is 0. The lowest BCUT2D eigenvalue weighted by Gasteiger charge is -2.18. The van der Waals surface area contributed by atoms with Gasteiger partial charge in [-0.3, -0.25) is 0 Å². The number of nitrogens with zero attached hydrogens (tertiary/aromatic N) is 2. The number of hydrogen-bond acceptors (Lipinski definition) is 5. The summed E-state index contributed by atoms with van der Waals surface area (Å²) in [4.78, 5) is 16.4. The zero-order chi connectivity index (χ0) is 16.8. The number of carbonyl (C=O) groups is 1. The molecule has 0 aliphatic carbocycles. The van der Waals surface area contributed by atoms with E-state index in [1.165, 1.54) is 0 Å². The van der Waals surface area contributed by atoms with E-state index >= 15 is 0 Å². The Kier molecular flexibility index (Phi) is 5.78. The van der Waals surface area contributed by atoms with Crippen molar-refractivity contribution in [2.24, 2.45) is 10.9 Å². The van der Waals surface area contributed by atoms with Crippen LogP contribution in [0.1, 0.15) is 26.7 Å². The molecule has 0 unspecified atom stereocenters. The summed E-state index contributed by atoms with van der Waals surface area (Å²) in [6.45, 7) is 4.36. The van der Waals surface area contributed by atoms with E-state index in [9.17, 15) is 10.1 Å². The van der Waals surface area contributed by atoms with E-state index in [0.29, 0.717) is 11.4 Å². The van der Waals surface area contributed by atoms with Crippen molar-refractivity contribution in [2.75, 3.05) is 11.9 Å². The van der Waals surface area contributed by atoms with Crippen LogP contribution in [0, 0.1) is 17.2 Å². The maximum atomic E-state index is 12.2. The van der Waals surface area contributed by atoms with Gasteiger partial charge in [0.2, 0.25) is 0 Å². The highest BCUT2D eigenvalue weighted by Crippen LogP contribution is 2.32. The fourth-order valence-corrected chi connectivity index (χ4v) is 2.42. The predicted octanol–water partition coefficient (Wildman–Crippen LogP) is 4.14. The Labute approximate surface area is 140 Å². The molecule has 0 saturated heterocycles. The number of nitrogens with one attached hydrogen (secondary N) is 1. The highest BCUT2D eigenvalue weighted by molar-refractivity contribution is 6.70. The summed E-state index contributed by atoms with van der Waals surface area (Å²) in [6, 6.07) is 9.12. The summed E-state index contributed by atoms with van der Waals surface area (Å²) in [5, 5.41) is 12.4. The minimum Gasteiger partial charge on any atom is -0.461 e. The molecule has 0 spiro atoms. The van der Waals surface area contributed by atoms with Crippen LogP contribution in [0.15, 0.2) is 40.5 Å². The maximum absolute atomic E-state index is 12.2. The molecule has 2 rings (SSSR count). The smallest absolute Gasteiger partial charge is 0.351 e. The molecule has 0 aromatic heterocycles. The molecule has 1 aliphatic heterocycles. The van der Waals surface area contributed by atoms with Crippen molar-refractivity contribution in [2.45, 2.75) is 26.7 Å². The molecule has 1 aromatic rings. The highest BCUT2D eigenvalue weighted by Gasteiger charge is 2.24. The van der Waals surface area contributed by atoms with E-state index in [4.69, 9.17) is 16.3 Å². The first-order valence-corrected chi connectivity index (χ1v) is 7.90. The van der Waals surface area contributed by atoms with Gasteiger partial charge >= 0.3 is 5.97 Å². The average molecular weight is 332 g/mol. The van der Waals surface area contributed by atoms with Crippen molar-refractivity contribution in [3.05, 3.63) is 35.5 Å². The molecular formula is C17H18ClN3O2. The standard InChI is InChI=1S/C17H18ClN3O2/c1-3-11(4-2)10-23-17(22)12(9-19)15-16(18)21-14-8-6-5-7-13(14)20-15/h5-8,11,20H,3-4,10H2,1-2H3. The van der Waals surface area contributed by atoms with E-state index in [-0.39, 0.29) is 29.0 Å². The molecule has 5 nitrogen and oxygen atoms in total. The van der Waals surface area contributed by atoms with Crippen molar-refractivity contribution >= 4 is 34.1 Å². The van der Waals surface area contributed by atoms with Gasteiger partial charge in [0.1, 0.15) is 11.8 Å². The van der Waals surface area contributed by atoms with Crippen LogP contribution in [-0.2, 0) is 9.53 Å². The van der Waals surface area contributed by atoms with Gasteiger partial charge in [0.25, 0.3) is 0 Å². The van der Waals surface area contributed by atoms with E-state index in [1.54, 1.807) is 12.1 Å². The van der Waals surface area contributed by atoms with Crippen LogP contribution >= 0.6 is 11.6 Å². The summed E-state index contributed by atoms with van der Waals surface area (Å²) in [5.41, 5.74) is 1.36. The third-order valence-electron chi connectivity index (χ3n) is 3.76. The van der Waals surface area contributed by atoms with Crippen molar-refractivity contribution in [3.8, 4) is 6.07 Å². The Bertz CT molecular complexity index is 700. The molecule has 1 aliphatic rings. The molecule has 1 N–H and O–H groups in total. The molecule has 6 heteroatoms. The highest BCUT2D eigenvalue weighted by atomic mass is 35.5. The Morgan fingerprint density at radius 1 is 1.39 bits per heavy atom. The number of para-hydroxylation sites is 2. The van der Waals surface area contributed by atoms with Crippen molar-refractivity contribution < 1.29 is 9.53 Å². The van der Waals surface area contributed by atoms with Gasteiger partial charge in [0.05, 0.1) is 18.0 Å². The number of fused-ring (bicyclic) bond motifs is 1. The lowest BCUT2D eigenvalue weighted by Crippen LogP contribution is -2.20. The number of hydrogen-bond donors (Lipinski definition) is 1. The Balaban J connectivity index is 2.24. The van der Waals surface area contributed by atoms with E-state index in [0.717, 1.165) is 12.8 Å². The Morgan fingerprint density at radius 3 is 2.74 bits per heavy atom. The number of anilines is 1. The topological polar surface area (TPSA) is 74.5 Å². The van der Waals surface area contributed by atoms with Crippen LogP contribution in [-0.4, -0.2) is 17.7 Å². The molecule has 0 saturated carbocycles. The quantitative estimate of drug-likeness (QED) is 0.500. The van der Waals surface area contributed by atoms with Gasteiger partial charge in [-0.15, -0.1) is 0 Å². The number of nitriles is 1. The molecule has 0 amide bonds. The summed E-state index contributed by atoms with van der Waals surface area (Å²) in [5.74, 6) is -0.400. The van der Waals surface area contributed by atoms with Crippen LogP contribution in [0.3, 0.4) is 0 Å². The second kappa shape index (κ2) is 7.80. The van der Waals surface area contributed by atoms with Crippen LogP contribution in [0.25, 0.3) is 0 Å². The molecule has 1 heterocycles. The van der Waals surface area contributed by atoms with Crippen LogP contribution < -0.4 is 5.32 Å². The van der Waals surface area contributed by atoms with Crippen molar-refractivity contribution in [1.29, 1.82) is 5.26 Å². The molecule has 0 atom stereocenters. The van der Waals surface area contributed by atoms with Crippen molar-refractivity contribution in [1.82, 2.24) is 0 Å². The van der Waals surface area contributed by atoms with Crippen LogP contribution in [0.4, 0.5) is 11.4 Å². The molecular weight excluding hydrogens is 314 g/mol. The fraction of sp³-hybridized carbons (Fsp3) is 0.353. The summed E-state index contributed by atoms with van der Waals surface area (Å²) in [6.07, 6.45) is 1.83. The Morgan fingerprint density at radius 2 is 2.09 bits per heavy atom. The lowest BCUT2D eigenvalue weighted by atomic mass is 10.1. The normalized spacial score (nSPS) is 15.2. The molecule has 0 bridgehead atoms. The largest absolute Gasteiger partial charge is 0.461 e. The first-order valence-electron chi connectivity index (χ1n) is 7.52. The summed E-state index contributed by atoms with van der Waals surface area (Å²) >= 11 is 6.12. The summed E-state index contributed by atoms with van der Waals surface area (Å²) < 4.78 is 5.26. The maximum Gasteiger partial charge on any atom is 0.351 e. The van der Waals surface area contributed by atoms with Gasteiger partial charge in [-0.05, 0) is 18.1 Å². The Hall–Kier alpha value is -2.32. The number of benzene rings is 1. The SMILES string of the molecule is CCC(CC)COC(=O)C(C#N)=C1Nc2ccccc2N=C1Cl. The minimum atomic E-state index is -0.686. The molecule has 23 heavy (non-hydrogen) atoms. The lowest BCUT2D eigenvalue weighted by molar-refractivity contribution is -0.140. The molecule has 0 fully saturated rings. The van der Waals surface area contributed by atoms with Crippen molar-refractivity contribution in [3.63, 3.8) is 0 Å². The second-order valence-corrected chi connectivity index (χ2v) is 5.55. The molecule has 0 radical (unpaired) electrons. The van der Waals surface area contributed by atoms with E-state index in [2.05, 4.69) is 10.3 Å². The fourth-order valence-electron chi connectivity index (χ4n) is 2.18. The number of aliphatic imine (C=N–C) groups is 1. The first kappa shape index (κ1) is 17.0. The van der Waals surface area contributed by atoms with E-state index < -0.39 is 5.97 Å². The second-order valence-electron chi connectivity index (χ2n) is 5.19.